The lowest BCUT2D eigenvalue weighted by Gasteiger charge is -2.06. The number of amides is 1. The van der Waals surface area contributed by atoms with Crippen molar-refractivity contribution in [2.24, 2.45) is 0 Å². The summed E-state index contributed by atoms with van der Waals surface area (Å²) in [6, 6.07) is 15.7. The largest absolute Gasteiger partial charge is 0.351 e. The van der Waals surface area contributed by atoms with Crippen LogP contribution >= 0.6 is 23.4 Å². The number of carbonyl (C=O) groups excluding carboxylic acids is 1. The number of aryl methyl sites for hydroxylation is 1. The fraction of sp³-hybridized carbons (Fsp3) is 0.188. The molecule has 0 fully saturated rings. The Hall–Kier alpha value is -1.45. The van der Waals surface area contributed by atoms with Crippen LogP contribution in [-0.4, -0.2) is 11.7 Å². The third-order valence-corrected chi connectivity index (χ3v) is 4.02. The molecule has 2 rings (SSSR count). The maximum atomic E-state index is 11.8. The van der Waals surface area contributed by atoms with Gasteiger partial charge in [-0.3, -0.25) is 4.79 Å². The molecule has 1 amide bonds. The summed E-state index contributed by atoms with van der Waals surface area (Å²) in [4.78, 5) is 12.9. The van der Waals surface area contributed by atoms with Crippen molar-refractivity contribution in [1.82, 2.24) is 5.32 Å². The Balaban J connectivity index is 1.77. The van der Waals surface area contributed by atoms with Crippen LogP contribution in [0.25, 0.3) is 0 Å². The van der Waals surface area contributed by atoms with Crippen LogP contribution in [0.3, 0.4) is 0 Å². The molecule has 0 saturated carbocycles. The van der Waals surface area contributed by atoms with Gasteiger partial charge in [0.2, 0.25) is 5.91 Å². The Morgan fingerprint density at radius 1 is 1.20 bits per heavy atom. The van der Waals surface area contributed by atoms with Crippen LogP contribution < -0.4 is 5.32 Å². The highest BCUT2D eigenvalue weighted by Gasteiger charge is 2.03. The summed E-state index contributed by atoms with van der Waals surface area (Å²) < 4.78 is 0. The van der Waals surface area contributed by atoms with E-state index >= 15 is 0 Å². The fourth-order valence-electron chi connectivity index (χ4n) is 1.68. The van der Waals surface area contributed by atoms with Crippen LogP contribution in [0.1, 0.15) is 11.1 Å². The molecule has 0 spiro atoms. The highest BCUT2D eigenvalue weighted by Crippen LogP contribution is 2.18. The van der Waals surface area contributed by atoms with Gasteiger partial charge in [-0.05, 0) is 36.8 Å². The van der Waals surface area contributed by atoms with Gasteiger partial charge in [-0.15, -0.1) is 11.8 Å². The van der Waals surface area contributed by atoms with Crippen molar-refractivity contribution < 1.29 is 4.79 Å². The molecule has 0 aliphatic heterocycles. The SMILES string of the molecule is Cc1ccc(SCC(=O)NCc2cccc(Cl)c2)cc1. The van der Waals surface area contributed by atoms with E-state index in [2.05, 4.69) is 5.32 Å². The molecular weight excluding hydrogens is 290 g/mol. The minimum Gasteiger partial charge on any atom is -0.351 e. The maximum absolute atomic E-state index is 11.8. The van der Waals surface area contributed by atoms with Gasteiger partial charge >= 0.3 is 0 Å². The van der Waals surface area contributed by atoms with E-state index in [0.29, 0.717) is 17.3 Å². The molecule has 104 valence electrons. The maximum Gasteiger partial charge on any atom is 0.230 e. The van der Waals surface area contributed by atoms with Gasteiger partial charge < -0.3 is 5.32 Å². The Morgan fingerprint density at radius 3 is 2.65 bits per heavy atom. The highest BCUT2D eigenvalue weighted by molar-refractivity contribution is 8.00. The summed E-state index contributed by atoms with van der Waals surface area (Å²) in [7, 11) is 0. The molecule has 20 heavy (non-hydrogen) atoms. The van der Waals surface area contributed by atoms with Crippen molar-refractivity contribution in [2.45, 2.75) is 18.4 Å². The van der Waals surface area contributed by atoms with E-state index in [9.17, 15) is 4.79 Å². The Morgan fingerprint density at radius 2 is 1.95 bits per heavy atom. The zero-order valence-corrected chi connectivity index (χ0v) is 12.8. The number of halogens is 1. The topological polar surface area (TPSA) is 29.1 Å². The second kappa shape index (κ2) is 7.36. The quantitative estimate of drug-likeness (QED) is 0.844. The summed E-state index contributed by atoms with van der Waals surface area (Å²) >= 11 is 7.43. The molecule has 0 atom stereocenters. The second-order valence-corrected chi connectivity index (χ2v) is 5.99. The van der Waals surface area contributed by atoms with Crippen LogP contribution in [0.4, 0.5) is 0 Å². The van der Waals surface area contributed by atoms with Gasteiger partial charge in [0.25, 0.3) is 0 Å². The number of thioether (sulfide) groups is 1. The number of carbonyl (C=O) groups is 1. The van der Waals surface area contributed by atoms with Crippen molar-refractivity contribution in [1.29, 1.82) is 0 Å². The van der Waals surface area contributed by atoms with Crippen molar-refractivity contribution >= 4 is 29.3 Å². The van der Waals surface area contributed by atoms with E-state index in [1.807, 2.05) is 55.5 Å². The second-order valence-electron chi connectivity index (χ2n) is 4.51. The number of hydrogen-bond donors (Lipinski definition) is 1. The molecule has 1 N–H and O–H groups in total. The van der Waals surface area contributed by atoms with Gasteiger partial charge in [0.15, 0.2) is 0 Å². The van der Waals surface area contributed by atoms with E-state index in [1.54, 1.807) is 0 Å². The lowest BCUT2D eigenvalue weighted by molar-refractivity contribution is -0.118. The molecular formula is C16H16ClNOS. The van der Waals surface area contributed by atoms with Crippen molar-refractivity contribution in [2.75, 3.05) is 5.75 Å². The van der Waals surface area contributed by atoms with Crippen LogP contribution in [0.15, 0.2) is 53.4 Å². The monoisotopic (exact) mass is 305 g/mol. The van der Waals surface area contributed by atoms with Gasteiger partial charge in [0.05, 0.1) is 5.75 Å². The lowest BCUT2D eigenvalue weighted by atomic mass is 10.2. The van der Waals surface area contributed by atoms with Gasteiger partial charge in [-0.1, -0.05) is 41.4 Å². The van der Waals surface area contributed by atoms with Crippen LogP contribution in [0.5, 0.6) is 0 Å². The van der Waals surface area contributed by atoms with E-state index in [1.165, 1.54) is 17.3 Å². The van der Waals surface area contributed by atoms with Crippen molar-refractivity contribution in [3.63, 3.8) is 0 Å². The van der Waals surface area contributed by atoms with E-state index in [0.717, 1.165) is 10.5 Å². The Bertz CT molecular complexity index is 583. The van der Waals surface area contributed by atoms with Crippen LogP contribution in [0.2, 0.25) is 5.02 Å². The molecule has 0 radical (unpaired) electrons. The van der Waals surface area contributed by atoms with E-state index in [-0.39, 0.29) is 5.91 Å². The molecule has 0 heterocycles. The average molecular weight is 306 g/mol. The molecule has 4 heteroatoms. The first-order chi connectivity index (χ1) is 9.63. The molecule has 0 aliphatic carbocycles. The molecule has 0 saturated heterocycles. The Labute approximate surface area is 128 Å². The molecule has 2 aromatic rings. The standard InChI is InChI=1S/C16H16ClNOS/c1-12-5-7-15(8-6-12)20-11-16(19)18-10-13-3-2-4-14(17)9-13/h2-9H,10-11H2,1H3,(H,18,19). The van der Waals surface area contributed by atoms with Gasteiger partial charge in [0.1, 0.15) is 0 Å². The van der Waals surface area contributed by atoms with E-state index in [4.69, 9.17) is 11.6 Å². The predicted molar refractivity (Wildman–Crippen MR) is 85.2 cm³/mol. The van der Waals surface area contributed by atoms with Gasteiger partial charge in [-0.25, -0.2) is 0 Å². The third kappa shape index (κ3) is 4.91. The predicted octanol–water partition coefficient (Wildman–Crippen LogP) is 4.06. The number of hydrogen-bond acceptors (Lipinski definition) is 2. The molecule has 0 unspecified atom stereocenters. The van der Waals surface area contributed by atoms with Gasteiger partial charge in [-0.2, -0.15) is 0 Å². The van der Waals surface area contributed by atoms with Gasteiger partial charge in [0, 0.05) is 16.5 Å². The molecule has 2 aromatic carbocycles. The fourth-order valence-corrected chi connectivity index (χ4v) is 2.62. The molecule has 0 aromatic heterocycles. The van der Waals surface area contributed by atoms with Crippen molar-refractivity contribution in [3.8, 4) is 0 Å². The first-order valence-electron chi connectivity index (χ1n) is 6.34. The van der Waals surface area contributed by atoms with E-state index < -0.39 is 0 Å². The minimum absolute atomic E-state index is 0.0237. The van der Waals surface area contributed by atoms with Crippen LogP contribution in [0, 0.1) is 6.92 Å². The molecule has 0 bridgehead atoms. The third-order valence-electron chi connectivity index (χ3n) is 2.77. The minimum atomic E-state index is 0.0237. The van der Waals surface area contributed by atoms with Crippen LogP contribution in [-0.2, 0) is 11.3 Å². The summed E-state index contributed by atoms with van der Waals surface area (Å²) in [5, 5.41) is 3.58. The summed E-state index contributed by atoms with van der Waals surface area (Å²) in [6.45, 7) is 2.56. The van der Waals surface area contributed by atoms with Crippen molar-refractivity contribution in [3.05, 3.63) is 64.7 Å². The highest BCUT2D eigenvalue weighted by atomic mass is 35.5. The Kier molecular flexibility index (Phi) is 5.50. The first kappa shape index (κ1) is 14.9. The summed E-state index contributed by atoms with van der Waals surface area (Å²) in [5.41, 5.74) is 2.23. The zero-order valence-electron chi connectivity index (χ0n) is 11.2. The summed E-state index contributed by atoms with van der Waals surface area (Å²) in [5.74, 6) is 0.444. The normalized spacial score (nSPS) is 10.3. The molecule has 0 aliphatic rings. The average Bonchev–Trinajstić information content (AvgIpc) is 2.45. The number of nitrogens with one attached hydrogen (secondary N) is 1. The number of rotatable bonds is 5. The first-order valence-corrected chi connectivity index (χ1v) is 7.70. The zero-order chi connectivity index (χ0) is 14.4. The molecule has 2 nitrogen and oxygen atoms in total. The smallest absolute Gasteiger partial charge is 0.230 e. The lowest BCUT2D eigenvalue weighted by Crippen LogP contribution is -2.24. The summed E-state index contributed by atoms with van der Waals surface area (Å²) in [6.07, 6.45) is 0. The number of benzene rings is 2.